The molecule has 1 aromatic heterocycles. The molecule has 0 bridgehead atoms. The Morgan fingerprint density at radius 1 is 1.22 bits per heavy atom. The highest BCUT2D eigenvalue weighted by atomic mass is 16.5. The molecular formula is C17H21N3O3. The van der Waals surface area contributed by atoms with Gasteiger partial charge in [-0.3, -0.25) is 9.59 Å². The molecule has 6 heteroatoms. The fourth-order valence-electron chi connectivity index (χ4n) is 2.11. The van der Waals surface area contributed by atoms with Crippen molar-refractivity contribution in [3.8, 4) is 0 Å². The van der Waals surface area contributed by atoms with Gasteiger partial charge in [0.2, 0.25) is 0 Å². The van der Waals surface area contributed by atoms with E-state index >= 15 is 0 Å². The summed E-state index contributed by atoms with van der Waals surface area (Å²) in [6, 6.07) is 10.3. The van der Waals surface area contributed by atoms with Crippen molar-refractivity contribution < 1.29 is 9.53 Å². The van der Waals surface area contributed by atoms with E-state index in [2.05, 4.69) is 10.4 Å². The first-order valence-corrected chi connectivity index (χ1v) is 7.70. The van der Waals surface area contributed by atoms with Crippen LogP contribution in [-0.4, -0.2) is 22.3 Å². The van der Waals surface area contributed by atoms with Crippen LogP contribution in [0.5, 0.6) is 0 Å². The molecule has 0 unspecified atom stereocenters. The van der Waals surface area contributed by atoms with E-state index < -0.39 is 0 Å². The molecule has 0 saturated carbocycles. The van der Waals surface area contributed by atoms with Crippen LogP contribution in [0.1, 0.15) is 36.3 Å². The zero-order valence-corrected chi connectivity index (χ0v) is 13.4. The summed E-state index contributed by atoms with van der Waals surface area (Å²) in [6.07, 6.45) is 0.773. The van der Waals surface area contributed by atoms with Gasteiger partial charge in [-0.25, -0.2) is 4.68 Å². The van der Waals surface area contributed by atoms with Gasteiger partial charge in [0.15, 0.2) is 0 Å². The lowest BCUT2D eigenvalue weighted by molar-refractivity contribution is 0.101. The summed E-state index contributed by atoms with van der Waals surface area (Å²) in [6.45, 7) is 5.38. The number of nitrogens with one attached hydrogen (secondary N) is 1. The van der Waals surface area contributed by atoms with Crippen molar-refractivity contribution in [2.24, 2.45) is 0 Å². The summed E-state index contributed by atoms with van der Waals surface area (Å²) in [7, 11) is 0. The maximum Gasteiger partial charge on any atom is 0.276 e. The van der Waals surface area contributed by atoms with E-state index in [0.717, 1.165) is 12.0 Å². The van der Waals surface area contributed by atoms with Gasteiger partial charge in [0.05, 0.1) is 6.61 Å². The predicted molar refractivity (Wildman–Crippen MR) is 88.5 cm³/mol. The third-order valence-electron chi connectivity index (χ3n) is 3.26. The molecular weight excluding hydrogens is 294 g/mol. The zero-order chi connectivity index (χ0) is 16.7. The van der Waals surface area contributed by atoms with Crippen molar-refractivity contribution in [3.05, 3.63) is 58.0 Å². The number of anilines is 1. The maximum absolute atomic E-state index is 12.4. The van der Waals surface area contributed by atoms with Crippen LogP contribution in [0, 0.1) is 0 Å². The molecule has 0 aliphatic carbocycles. The highest BCUT2D eigenvalue weighted by molar-refractivity contribution is 6.03. The van der Waals surface area contributed by atoms with E-state index in [4.69, 9.17) is 4.74 Å². The number of amides is 1. The van der Waals surface area contributed by atoms with Gasteiger partial charge in [0.25, 0.3) is 11.5 Å². The van der Waals surface area contributed by atoms with Crippen LogP contribution in [0.4, 0.5) is 5.69 Å². The number of aryl methyl sites for hydroxylation is 1. The Kier molecular flexibility index (Phi) is 6.05. The number of ether oxygens (including phenoxy) is 1. The van der Waals surface area contributed by atoms with Gasteiger partial charge in [0.1, 0.15) is 5.69 Å². The monoisotopic (exact) mass is 315 g/mol. The quantitative estimate of drug-likeness (QED) is 0.851. The number of rotatable bonds is 7. The molecule has 122 valence electrons. The second kappa shape index (κ2) is 8.24. The molecule has 0 aliphatic rings. The molecule has 23 heavy (non-hydrogen) atoms. The van der Waals surface area contributed by atoms with Crippen molar-refractivity contribution in [3.63, 3.8) is 0 Å². The Morgan fingerprint density at radius 3 is 2.74 bits per heavy atom. The predicted octanol–water partition coefficient (Wildman–Crippen LogP) is 2.44. The molecule has 1 heterocycles. The summed E-state index contributed by atoms with van der Waals surface area (Å²) in [5.41, 5.74) is 1.58. The Bertz CT molecular complexity index is 725. The van der Waals surface area contributed by atoms with Crippen LogP contribution < -0.4 is 10.9 Å². The SMILES string of the molecule is CCCn1nc(C(=O)Nc2ccccc2COCC)ccc1=O. The second-order valence-electron chi connectivity index (χ2n) is 5.03. The van der Waals surface area contributed by atoms with Gasteiger partial charge in [-0.15, -0.1) is 0 Å². The van der Waals surface area contributed by atoms with Crippen LogP contribution in [0.3, 0.4) is 0 Å². The number of para-hydroxylation sites is 1. The number of carbonyl (C=O) groups excluding carboxylic acids is 1. The summed E-state index contributed by atoms with van der Waals surface area (Å²) in [5, 5.41) is 6.94. The third kappa shape index (κ3) is 4.50. The Morgan fingerprint density at radius 2 is 2.00 bits per heavy atom. The molecule has 2 rings (SSSR count). The molecule has 0 saturated heterocycles. The topological polar surface area (TPSA) is 73.2 Å². The average molecular weight is 315 g/mol. The van der Waals surface area contributed by atoms with Crippen molar-refractivity contribution in [1.29, 1.82) is 0 Å². The first-order chi connectivity index (χ1) is 11.2. The van der Waals surface area contributed by atoms with Gasteiger partial charge < -0.3 is 10.1 Å². The summed E-state index contributed by atoms with van der Waals surface area (Å²) in [5.74, 6) is -0.348. The van der Waals surface area contributed by atoms with Crippen LogP contribution in [0.25, 0.3) is 0 Å². The number of carbonyl (C=O) groups is 1. The second-order valence-corrected chi connectivity index (χ2v) is 5.03. The summed E-state index contributed by atoms with van der Waals surface area (Å²) < 4.78 is 6.71. The Labute approximate surface area is 135 Å². The molecule has 1 aromatic carbocycles. The van der Waals surface area contributed by atoms with E-state index in [0.29, 0.717) is 25.4 Å². The van der Waals surface area contributed by atoms with Crippen molar-refractivity contribution in [2.45, 2.75) is 33.4 Å². The van der Waals surface area contributed by atoms with E-state index in [-0.39, 0.29) is 17.2 Å². The van der Waals surface area contributed by atoms with Crippen LogP contribution >= 0.6 is 0 Å². The molecule has 6 nitrogen and oxygen atoms in total. The number of hydrogen-bond acceptors (Lipinski definition) is 4. The molecule has 1 N–H and O–H groups in total. The first-order valence-electron chi connectivity index (χ1n) is 7.70. The lowest BCUT2D eigenvalue weighted by atomic mass is 10.2. The standard InChI is InChI=1S/C17H21N3O3/c1-3-11-20-16(21)10-9-15(19-20)17(22)18-14-8-6-5-7-13(14)12-23-4-2/h5-10H,3-4,11-12H2,1-2H3,(H,18,22). The number of nitrogens with zero attached hydrogens (tertiary/aromatic N) is 2. The lowest BCUT2D eigenvalue weighted by Crippen LogP contribution is -2.26. The Balaban J connectivity index is 2.19. The van der Waals surface area contributed by atoms with E-state index in [1.165, 1.54) is 16.8 Å². The molecule has 0 radical (unpaired) electrons. The van der Waals surface area contributed by atoms with Gasteiger partial charge >= 0.3 is 0 Å². The summed E-state index contributed by atoms with van der Waals surface area (Å²) in [4.78, 5) is 24.0. The van der Waals surface area contributed by atoms with Crippen LogP contribution in [-0.2, 0) is 17.9 Å². The minimum atomic E-state index is -0.348. The maximum atomic E-state index is 12.4. The number of hydrogen-bond donors (Lipinski definition) is 1. The highest BCUT2D eigenvalue weighted by Crippen LogP contribution is 2.16. The molecule has 0 atom stereocenters. The minimum absolute atomic E-state index is 0.208. The molecule has 0 fully saturated rings. The Hall–Kier alpha value is -2.47. The fraction of sp³-hybridized carbons (Fsp3) is 0.353. The molecule has 0 spiro atoms. The van der Waals surface area contributed by atoms with Gasteiger partial charge in [0, 0.05) is 30.5 Å². The third-order valence-corrected chi connectivity index (χ3v) is 3.26. The van der Waals surface area contributed by atoms with E-state index in [9.17, 15) is 9.59 Å². The molecule has 0 aliphatic heterocycles. The average Bonchev–Trinajstić information content (AvgIpc) is 2.56. The lowest BCUT2D eigenvalue weighted by Gasteiger charge is -2.11. The first kappa shape index (κ1) is 16.9. The highest BCUT2D eigenvalue weighted by Gasteiger charge is 2.12. The normalized spacial score (nSPS) is 10.5. The smallest absolute Gasteiger partial charge is 0.276 e. The fourth-order valence-corrected chi connectivity index (χ4v) is 2.11. The van der Waals surface area contributed by atoms with Crippen molar-refractivity contribution in [2.75, 3.05) is 11.9 Å². The van der Waals surface area contributed by atoms with E-state index in [1.807, 2.05) is 38.1 Å². The van der Waals surface area contributed by atoms with Crippen molar-refractivity contribution in [1.82, 2.24) is 9.78 Å². The molecule has 2 aromatic rings. The van der Waals surface area contributed by atoms with E-state index in [1.54, 1.807) is 0 Å². The number of benzene rings is 1. The van der Waals surface area contributed by atoms with Gasteiger partial charge in [-0.05, 0) is 25.5 Å². The largest absolute Gasteiger partial charge is 0.377 e. The van der Waals surface area contributed by atoms with Crippen LogP contribution in [0.2, 0.25) is 0 Å². The summed E-state index contributed by atoms with van der Waals surface area (Å²) >= 11 is 0. The van der Waals surface area contributed by atoms with Crippen molar-refractivity contribution >= 4 is 11.6 Å². The van der Waals surface area contributed by atoms with Gasteiger partial charge in [-0.2, -0.15) is 5.10 Å². The minimum Gasteiger partial charge on any atom is -0.377 e. The van der Waals surface area contributed by atoms with Gasteiger partial charge in [-0.1, -0.05) is 25.1 Å². The molecule has 1 amide bonds. The number of aromatic nitrogens is 2. The van der Waals surface area contributed by atoms with Crippen LogP contribution in [0.15, 0.2) is 41.2 Å². The zero-order valence-electron chi connectivity index (χ0n) is 13.4.